The summed E-state index contributed by atoms with van der Waals surface area (Å²) in [6.07, 6.45) is 1.30. The average Bonchev–Trinajstić information content (AvgIpc) is 3.53. The zero-order valence-electron chi connectivity index (χ0n) is 23.7. The summed E-state index contributed by atoms with van der Waals surface area (Å²) in [5.74, 6) is 1.04. The van der Waals surface area contributed by atoms with E-state index < -0.39 is 12.1 Å². The molecular formula is C30H37FN6O4. The van der Waals surface area contributed by atoms with Crippen LogP contribution in [-0.4, -0.2) is 70.5 Å². The summed E-state index contributed by atoms with van der Waals surface area (Å²) < 4.78 is 21.4. The van der Waals surface area contributed by atoms with E-state index in [4.69, 9.17) is 14.7 Å². The molecule has 0 radical (unpaired) electrons. The molecule has 3 aromatic rings. The Morgan fingerprint density at radius 3 is 2.46 bits per heavy atom. The van der Waals surface area contributed by atoms with Gasteiger partial charge in [-0.25, -0.2) is 13.9 Å². The van der Waals surface area contributed by atoms with Crippen molar-refractivity contribution in [2.24, 2.45) is 5.92 Å². The van der Waals surface area contributed by atoms with Crippen LogP contribution in [0.25, 0.3) is 5.69 Å². The molecule has 0 aliphatic carbocycles. The summed E-state index contributed by atoms with van der Waals surface area (Å²) in [6.45, 7) is 8.51. The maximum absolute atomic E-state index is 13.5. The molecule has 0 saturated carbocycles. The summed E-state index contributed by atoms with van der Waals surface area (Å²) in [4.78, 5) is 32.9. The lowest BCUT2D eigenvalue weighted by Gasteiger charge is -2.30. The van der Waals surface area contributed by atoms with Gasteiger partial charge in [-0.2, -0.15) is 5.06 Å². The Hall–Kier alpha value is -3.96. The summed E-state index contributed by atoms with van der Waals surface area (Å²) >= 11 is 0. The van der Waals surface area contributed by atoms with Crippen LogP contribution in [0.2, 0.25) is 0 Å². The molecule has 2 N–H and O–H groups in total. The molecule has 2 aromatic carbocycles. The molecule has 0 spiro atoms. The summed E-state index contributed by atoms with van der Waals surface area (Å²) in [5.41, 5.74) is 2.27. The molecule has 1 aromatic heterocycles. The van der Waals surface area contributed by atoms with Gasteiger partial charge >= 0.3 is 6.03 Å². The number of hydrogen-bond donors (Lipinski definition) is 2. The highest BCUT2D eigenvalue weighted by molar-refractivity contribution is 5.90. The predicted octanol–water partition coefficient (Wildman–Crippen LogP) is 4.46. The van der Waals surface area contributed by atoms with Crippen LogP contribution in [0.1, 0.15) is 43.9 Å². The molecule has 2 aliphatic rings. The predicted molar refractivity (Wildman–Crippen MR) is 152 cm³/mol. The molecule has 41 heavy (non-hydrogen) atoms. The Bertz CT molecular complexity index is 1340. The molecule has 0 unspecified atom stereocenters. The Kier molecular flexibility index (Phi) is 8.84. The number of rotatable bonds is 8. The molecule has 11 heteroatoms. The number of nitrogens with zero attached hydrogens (tertiary/aromatic N) is 4. The number of urea groups is 1. The van der Waals surface area contributed by atoms with E-state index in [0.29, 0.717) is 42.9 Å². The van der Waals surface area contributed by atoms with Crippen molar-refractivity contribution in [3.8, 4) is 11.6 Å². The van der Waals surface area contributed by atoms with Crippen LogP contribution in [0.4, 0.5) is 15.0 Å². The monoisotopic (exact) mass is 564 g/mol. The van der Waals surface area contributed by atoms with Crippen LogP contribution < -0.4 is 15.4 Å². The van der Waals surface area contributed by atoms with E-state index in [2.05, 4.69) is 10.6 Å². The minimum Gasteiger partial charge on any atom is -0.476 e. The smallest absolute Gasteiger partial charge is 0.320 e. The van der Waals surface area contributed by atoms with Crippen molar-refractivity contribution in [2.75, 3.05) is 38.1 Å². The first-order valence-corrected chi connectivity index (χ1v) is 14.1. The van der Waals surface area contributed by atoms with Crippen molar-refractivity contribution >= 4 is 17.8 Å². The van der Waals surface area contributed by atoms with Crippen molar-refractivity contribution in [3.63, 3.8) is 0 Å². The van der Waals surface area contributed by atoms with E-state index >= 15 is 0 Å². The van der Waals surface area contributed by atoms with E-state index in [-0.39, 0.29) is 17.8 Å². The fourth-order valence-corrected chi connectivity index (χ4v) is 5.30. The highest BCUT2D eigenvalue weighted by Crippen LogP contribution is 2.31. The van der Waals surface area contributed by atoms with Gasteiger partial charge in [0, 0.05) is 33.1 Å². The molecule has 0 bridgehead atoms. The highest BCUT2D eigenvalue weighted by atomic mass is 19.1. The summed E-state index contributed by atoms with van der Waals surface area (Å²) in [5, 5.41) is 12.5. The Balaban J connectivity index is 1.31. The molecule has 218 valence electrons. The van der Waals surface area contributed by atoms with Crippen LogP contribution in [0.15, 0.2) is 54.6 Å². The van der Waals surface area contributed by atoms with Gasteiger partial charge in [0.2, 0.25) is 11.8 Å². The molecule has 10 nitrogen and oxygen atoms in total. The number of benzene rings is 2. The third kappa shape index (κ3) is 6.68. The Labute approximate surface area is 239 Å². The lowest BCUT2D eigenvalue weighted by Crippen LogP contribution is -2.42. The number of carbonyl (C=O) groups excluding carboxylic acids is 2. The van der Waals surface area contributed by atoms with Crippen molar-refractivity contribution in [1.82, 2.24) is 25.1 Å². The SMILES string of the molecule is CCN1C[C@@H](NC(=O)Nc2c(C)c(OCC3CCN(C(C)=O)CC3)nn2-c2ccccc2)[C@H](c2ccc(F)cc2)O1. The van der Waals surface area contributed by atoms with E-state index in [1.165, 1.54) is 12.1 Å². The zero-order chi connectivity index (χ0) is 28.9. The van der Waals surface area contributed by atoms with E-state index in [0.717, 1.165) is 37.2 Å². The fourth-order valence-electron chi connectivity index (χ4n) is 5.30. The normalized spacial score (nSPS) is 19.8. The maximum Gasteiger partial charge on any atom is 0.320 e. The van der Waals surface area contributed by atoms with Crippen LogP contribution in [0.3, 0.4) is 0 Å². The van der Waals surface area contributed by atoms with Crippen LogP contribution in [0.5, 0.6) is 5.88 Å². The quantitative estimate of drug-likeness (QED) is 0.419. The zero-order valence-corrected chi connectivity index (χ0v) is 23.7. The number of ether oxygens (including phenoxy) is 1. The van der Waals surface area contributed by atoms with Gasteiger partial charge in [0.1, 0.15) is 17.7 Å². The van der Waals surface area contributed by atoms with Gasteiger partial charge < -0.3 is 15.0 Å². The first-order valence-electron chi connectivity index (χ1n) is 14.1. The number of anilines is 1. The number of hydrogen-bond acceptors (Lipinski definition) is 6. The molecule has 2 aliphatic heterocycles. The lowest BCUT2D eigenvalue weighted by atomic mass is 9.98. The molecule has 5 rings (SSSR count). The maximum atomic E-state index is 13.5. The van der Waals surface area contributed by atoms with Crippen molar-refractivity contribution in [3.05, 3.63) is 71.5 Å². The standard InChI is InChI=1S/C30H37FN6O4/c1-4-36-18-26(27(41-36)23-10-12-24(31)13-11-23)32-30(39)33-28-20(2)29(34-37(28)25-8-6-5-7-9-25)40-19-22-14-16-35(17-15-22)21(3)38/h5-13,22,26-27H,4,14-19H2,1-3H3,(H2,32,33,39)/t26-,27+/m1/s1. The number of piperidine rings is 1. The third-order valence-electron chi connectivity index (χ3n) is 7.72. The molecule has 3 heterocycles. The highest BCUT2D eigenvalue weighted by Gasteiger charge is 2.36. The second-order valence-corrected chi connectivity index (χ2v) is 10.5. The van der Waals surface area contributed by atoms with Gasteiger partial charge in [-0.05, 0) is 55.5 Å². The molecule has 2 fully saturated rings. The number of nitrogens with one attached hydrogen (secondary N) is 2. The fraction of sp³-hybridized carbons (Fsp3) is 0.433. The minimum atomic E-state index is -0.449. The van der Waals surface area contributed by atoms with Gasteiger partial charge in [0.25, 0.3) is 0 Å². The summed E-state index contributed by atoms with van der Waals surface area (Å²) in [6, 6.07) is 14.9. The van der Waals surface area contributed by atoms with Crippen LogP contribution in [-0.2, 0) is 9.63 Å². The summed E-state index contributed by atoms with van der Waals surface area (Å²) in [7, 11) is 0. The number of likely N-dealkylation sites (tertiary alicyclic amines) is 1. The second-order valence-electron chi connectivity index (χ2n) is 10.5. The van der Waals surface area contributed by atoms with Crippen molar-refractivity contribution in [2.45, 2.75) is 45.8 Å². The van der Waals surface area contributed by atoms with Gasteiger partial charge in [-0.15, -0.1) is 5.10 Å². The topological polar surface area (TPSA) is 101 Å². The number of likely N-dealkylation sites (N-methyl/N-ethyl adjacent to an activating group) is 1. The second kappa shape index (κ2) is 12.7. The number of aromatic nitrogens is 2. The van der Waals surface area contributed by atoms with E-state index in [1.807, 2.05) is 49.1 Å². The van der Waals surface area contributed by atoms with Gasteiger partial charge in [-0.1, -0.05) is 37.3 Å². The average molecular weight is 565 g/mol. The van der Waals surface area contributed by atoms with Crippen LogP contribution in [0, 0.1) is 18.7 Å². The first kappa shape index (κ1) is 28.6. The van der Waals surface area contributed by atoms with Gasteiger partial charge in [-0.3, -0.25) is 14.9 Å². The number of hydroxylamine groups is 2. The Morgan fingerprint density at radius 2 is 1.80 bits per heavy atom. The largest absolute Gasteiger partial charge is 0.476 e. The lowest BCUT2D eigenvalue weighted by molar-refractivity contribution is -0.144. The molecule has 3 amide bonds. The number of amides is 3. The van der Waals surface area contributed by atoms with Crippen LogP contribution >= 0.6 is 0 Å². The van der Waals surface area contributed by atoms with Crippen molar-refractivity contribution < 1.29 is 23.6 Å². The first-order chi connectivity index (χ1) is 19.8. The molecular weight excluding hydrogens is 527 g/mol. The van der Waals surface area contributed by atoms with E-state index in [1.54, 1.807) is 28.8 Å². The van der Waals surface area contributed by atoms with Gasteiger partial charge in [0.05, 0.1) is 23.9 Å². The molecule has 2 saturated heterocycles. The number of halogens is 1. The van der Waals surface area contributed by atoms with E-state index in [9.17, 15) is 14.0 Å². The third-order valence-corrected chi connectivity index (χ3v) is 7.72. The van der Waals surface area contributed by atoms with Crippen molar-refractivity contribution in [1.29, 1.82) is 0 Å². The number of carbonyl (C=O) groups is 2. The van der Waals surface area contributed by atoms with Gasteiger partial charge in [0.15, 0.2) is 0 Å². The number of para-hydroxylation sites is 1. The Morgan fingerprint density at radius 1 is 1.10 bits per heavy atom. The minimum absolute atomic E-state index is 0.103. The molecule has 2 atom stereocenters.